The second-order valence-corrected chi connectivity index (χ2v) is 7.43. The topological polar surface area (TPSA) is 46.1 Å². The first kappa shape index (κ1) is 16.2. The first-order chi connectivity index (χ1) is 12.2. The van der Waals surface area contributed by atoms with Crippen molar-refractivity contribution in [1.82, 2.24) is 14.9 Å². The van der Waals surface area contributed by atoms with Gasteiger partial charge in [-0.25, -0.2) is 9.97 Å². The van der Waals surface area contributed by atoms with Crippen molar-refractivity contribution in [2.45, 2.75) is 44.9 Å². The maximum absolute atomic E-state index is 12.8. The van der Waals surface area contributed by atoms with E-state index in [0.717, 1.165) is 43.9 Å². The van der Waals surface area contributed by atoms with E-state index in [0.29, 0.717) is 17.4 Å². The summed E-state index contributed by atoms with van der Waals surface area (Å²) in [6, 6.07) is 10.6. The standard InChI is InChI=1S/C21H25N3O/c1-15-19(14-22-20(23-15)18-7-8-18)21(25)24-11-9-17(10-12-24)13-16-5-3-2-4-6-16/h2-6,14,17-18H,7-13H2,1H3. The number of piperidine rings is 1. The van der Waals surface area contributed by atoms with Gasteiger partial charge in [0.1, 0.15) is 5.82 Å². The minimum Gasteiger partial charge on any atom is -0.339 e. The molecule has 1 aliphatic carbocycles. The van der Waals surface area contributed by atoms with Crippen LogP contribution in [0.3, 0.4) is 0 Å². The van der Waals surface area contributed by atoms with Gasteiger partial charge in [0.05, 0.1) is 11.3 Å². The zero-order valence-corrected chi connectivity index (χ0v) is 14.8. The predicted molar refractivity (Wildman–Crippen MR) is 97.5 cm³/mol. The van der Waals surface area contributed by atoms with Gasteiger partial charge in [-0.05, 0) is 50.5 Å². The maximum atomic E-state index is 12.8. The van der Waals surface area contributed by atoms with Gasteiger partial charge in [0.2, 0.25) is 0 Å². The second-order valence-electron chi connectivity index (χ2n) is 7.43. The first-order valence-electron chi connectivity index (χ1n) is 9.37. The van der Waals surface area contributed by atoms with Gasteiger partial charge >= 0.3 is 0 Å². The van der Waals surface area contributed by atoms with Gasteiger partial charge < -0.3 is 4.90 Å². The Balaban J connectivity index is 1.36. The summed E-state index contributed by atoms with van der Waals surface area (Å²) in [6.45, 7) is 3.60. The molecular formula is C21H25N3O. The normalized spacial score (nSPS) is 18.4. The van der Waals surface area contributed by atoms with Crippen LogP contribution in [-0.2, 0) is 6.42 Å². The van der Waals surface area contributed by atoms with E-state index in [2.05, 4.69) is 40.3 Å². The average molecular weight is 335 g/mol. The van der Waals surface area contributed by atoms with Crippen LogP contribution in [0.15, 0.2) is 36.5 Å². The third kappa shape index (κ3) is 3.73. The van der Waals surface area contributed by atoms with Gasteiger partial charge in [0.25, 0.3) is 5.91 Å². The van der Waals surface area contributed by atoms with Crippen molar-refractivity contribution >= 4 is 5.91 Å². The Hall–Kier alpha value is -2.23. The van der Waals surface area contributed by atoms with Crippen LogP contribution in [-0.4, -0.2) is 33.9 Å². The van der Waals surface area contributed by atoms with Crippen molar-refractivity contribution in [1.29, 1.82) is 0 Å². The van der Waals surface area contributed by atoms with E-state index in [4.69, 9.17) is 0 Å². The average Bonchev–Trinajstić information content (AvgIpc) is 3.48. The molecule has 2 heterocycles. The molecule has 4 rings (SSSR count). The van der Waals surface area contributed by atoms with Gasteiger partial charge in [-0.2, -0.15) is 0 Å². The molecule has 2 aromatic rings. The van der Waals surface area contributed by atoms with Crippen molar-refractivity contribution in [2.24, 2.45) is 5.92 Å². The Kier molecular flexibility index (Phi) is 4.51. The highest BCUT2D eigenvalue weighted by Crippen LogP contribution is 2.38. The molecule has 0 N–H and O–H groups in total. The third-order valence-corrected chi connectivity index (χ3v) is 5.44. The lowest BCUT2D eigenvalue weighted by Crippen LogP contribution is -2.39. The number of carbonyl (C=O) groups excluding carboxylic acids is 1. The van der Waals surface area contributed by atoms with Crippen molar-refractivity contribution in [3.8, 4) is 0 Å². The van der Waals surface area contributed by atoms with Crippen LogP contribution in [0.1, 0.15) is 59.0 Å². The number of hydrogen-bond donors (Lipinski definition) is 0. The smallest absolute Gasteiger partial charge is 0.257 e. The number of likely N-dealkylation sites (tertiary alicyclic amines) is 1. The molecule has 130 valence electrons. The van der Waals surface area contributed by atoms with Crippen molar-refractivity contribution in [3.63, 3.8) is 0 Å². The van der Waals surface area contributed by atoms with Gasteiger partial charge in [0.15, 0.2) is 0 Å². The summed E-state index contributed by atoms with van der Waals surface area (Å²) in [7, 11) is 0. The molecule has 2 aliphatic rings. The van der Waals surface area contributed by atoms with E-state index in [9.17, 15) is 4.79 Å². The molecule has 1 aromatic heterocycles. The fourth-order valence-corrected chi connectivity index (χ4v) is 3.69. The molecule has 1 saturated carbocycles. The molecule has 1 aliphatic heterocycles. The number of aryl methyl sites for hydroxylation is 1. The maximum Gasteiger partial charge on any atom is 0.257 e. The number of aromatic nitrogens is 2. The summed E-state index contributed by atoms with van der Waals surface area (Å²) in [5.41, 5.74) is 2.89. The zero-order valence-electron chi connectivity index (χ0n) is 14.8. The lowest BCUT2D eigenvalue weighted by atomic mass is 9.90. The molecule has 1 aromatic carbocycles. The minimum atomic E-state index is 0.0954. The van der Waals surface area contributed by atoms with Crippen molar-refractivity contribution < 1.29 is 4.79 Å². The zero-order chi connectivity index (χ0) is 17.2. The van der Waals surface area contributed by atoms with Crippen molar-refractivity contribution in [2.75, 3.05) is 13.1 Å². The Morgan fingerprint density at radius 2 is 1.84 bits per heavy atom. The third-order valence-electron chi connectivity index (χ3n) is 5.44. The fourth-order valence-electron chi connectivity index (χ4n) is 3.69. The number of carbonyl (C=O) groups is 1. The summed E-state index contributed by atoms with van der Waals surface area (Å²) in [5.74, 6) is 2.20. The lowest BCUT2D eigenvalue weighted by Gasteiger charge is -2.32. The Labute approximate surface area is 149 Å². The molecular weight excluding hydrogens is 310 g/mol. The van der Waals surface area contributed by atoms with Gasteiger partial charge in [-0.15, -0.1) is 0 Å². The van der Waals surface area contributed by atoms with Gasteiger partial charge in [-0.3, -0.25) is 4.79 Å². The highest BCUT2D eigenvalue weighted by atomic mass is 16.2. The summed E-state index contributed by atoms with van der Waals surface area (Å²) >= 11 is 0. The largest absolute Gasteiger partial charge is 0.339 e. The van der Waals surface area contributed by atoms with E-state index < -0.39 is 0 Å². The van der Waals surface area contributed by atoms with Gasteiger partial charge in [-0.1, -0.05) is 30.3 Å². The number of amides is 1. The molecule has 0 spiro atoms. The second kappa shape index (κ2) is 6.95. The van der Waals surface area contributed by atoms with Crippen LogP contribution in [0.4, 0.5) is 0 Å². The van der Waals surface area contributed by atoms with Gasteiger partial charge in [0, 0.05) is 25.2 Å². The number of nitrogens with zero attached hydrogens (tertiary/aromatic N) is 3. The molecule has 4 nitrogen and oxygen atoms in total. The summed E-state index contributed by atoms with van der Waals surface area (Å²) in [4.78, 5) is 23.8. The molecule has 0 bridgehead atoms. The predicted octanol–water partition coefficient (Wildman–Crippen LogP) is 3.76. The van der Waals surface area contributed by atoms with E-state index >= 15 is 0 Å². The molecule has 25 heavy (non-hydrogen) atoms. The van der Waals surface area contributed by atoms with E-state index in [-0.39, 0.29) is 5.91 Å². The first-order valence-corrected chi connectivity index (χ1v) is 9.37. The SMILES string of the molecule is Cc1nc(C2CC2)ncc1C(=O)N1CCC(Cc2ccccc2)CC1. The van der Waals surface area contributed by atoms with E-state index in [1.807, 2.05) is 11.8 Å². The quantitative estimate of drug-likeness (QED) is 0.855. The van der Waals surface area contributed by atoms with E-state index in [1.165, 1.54) is 18.4 Å². The molecule has 0 atom stereocenters. The Morgan fingerprint density at radius 1 is 1.12 bits per heavy atom. The molecule has 4 heteroatoms. The summed E-state index contributed by atoms with van der Waals surface area (Å²) < 4.78 is 0. The highest BCUT2D eigenvalue weighted by Gasteiger charge is 2.29. The van der Waals surface area contributed by atoms with Crippen LogP contribution in [0, 0.1) is 12.8 Å². The minimum absolute atomic E-state index is 0.0954. The molecule has 2 fully saturated rings. The van der Waals surface area contributed by atoms with Crippen LogP contribution >= 0.6 is 0 Å². The molecule has 1 saturated heterocycles. The fraction of sp³-hybridized carbons (Fsp3) is 0.476. The summed E-state index contributed by atoms with van der Waals surface area (Å²) in [6.07, 6.45) is 7.36. The number of hydrogen-bond acceptors (Lipinski definition) is 3. The Bertz CT molecular complexity index is 747. The Morgan fingerprint density at radius 3 is 2.48 bits per heavy atom. The number of benzene rings is 1. The van der Waals surface area contributed by atoms with Crippen LogP contribution < -0.4 is 0 Å². The summed E-state index contributed by atoms with van der Waals surface area (Å²) in [5, 5.41) is 0. The number of rotatable bonds is 4. The molecule has 0 unspecified atom stereocenters. The molecule has 0 radical (unpaired) electrons. The van der Waals surface area contributed by atoms with Crippen LogP contribution in [0.5, 0.6) is 0 Å². The molecule has 1 amide bonds. The van der Waals surface area contributed by atoms with E-state index in [1.54, 1.807) is 6.20 Å². The van der Waals surface area contributed by atoms with Crippen LogP contribution in [0.25, 0.3) is 0 Å². The monoisotopic (exact) mass is 335 g/mol. The lowest BCUT2D eigenvalue weighted by molar-refractivity contribution is 0.0688. The van der Waals surface area contributed by atoms with Crippen LogP contribution in [0.2, 0.25) is 0 Å². The van der Waals surface area contributed by atoms with Crippen molar-refractivity contribution in [3.05, 3.63) is 59.2 Å². The highest BCUT2D eigenvalue weighted by molar-refractivity contribution is 5.95.